The molecule has 1 aliphatic heterocycles. The molecule has 3 aromatic carbocycles. The molecule has 0 atom stereocenters. The minimum atomic E-state index is -0.341. The second-order valence-electron chi connectivity index (χ2n) is 8.51. The summed E-state index contributed by atoms with van der Waals surface area (Å²) in [5.74, 6) is -0.421. The van der Waals surface area contributed by atoms with Gasteiger partial charge in [0, 0.05) is 25.2 Å². The zero-order valence-electron chi connectivity index (χ0n) is 18.8. The molecule has 6 nitrogen and oxygen atoms in total. The second-order valence-corrected chi connectivity index (χ2v) is 8.51. The van der Waals surface area contributed by atoms with Crippen LogP contribution in [0.3, 0.4) is 0 Å². The third kappa shape index (κ3) is 5.43. The summed E-state index contributed by atoms with van der Waals surface area (Å²) in [6.07, 6.45) is 2.42. The summed E-state index contributed by atoms with van der Waals surface area (Å²) in [6, 6.07) is 20.0. The molecule has 2 heterocycles. The molecule has 8 heteroatoms. The van der Waals surface area contributed by atoms with E-state index in [2.05, 4.69) is 32.4 Å². The van der Waals surface area contributed by atoms with E-state index in [-0.39, 0.29) is 24.1 Å². The van der Waals surface area contributed by atoms with Crippen molar-refractivity contribution in [3.05, 3.63) is 83.7 Å². The van der Waals surface area contributed by atoms with Crippen molar-refractivity contribution in [2.45, 2.75) is 19.4 Å². The van der Waals surface area contributed by atoms with Crippen molar-refractivity contribution in [2.24, 2.45) is 0 Å². The number of hydrogen-bond acceptors (Lipinski definition) is 4. The topological polar surface area (TPSA) is 65.1 Å². The van der Waals surface area contributed by atoms with E-state index in [0.29, 0.717) is 18.7 Å². The van der Waals surface area contributed by atoms with E-state index < -0.39 is 0 Å². The SMILES string of the molecule is Cl.O=C(c1ccc(F)cc1)N(CCN1CCCC1)Cc1cccc(-c2ccc3n[nH]nc3c2)c1. The molecular formula is C26H27ClFN5O. The van der Waals surface area contributed by atoms with Gasteiger partial charge in [0.2, 0.25) is 0 Å². The van der Waals surface area contributed by atoms with Crippen LogP contribution in [0.5, 0.6) is 0 Å². The van der Waals surface area contributed by atoms with Crippen molar-refractivity contribution in [2.75, 3.05) is 26.2 Å². The highest BCUT2D eigenvalue weighted by molar-refractivity contribution is 5.94. The third-order valence-corrected chi connectivity index (χ3v) is 6.21. The fraction of sp³-hybridized carbons (Fsp3) is 0.269. The Kier molecular flexibility index (Phi) is 7.55. The number of fused-ring (bicyclic) bond motifs is 1. The van der Waals surface area contributed by atoms with Gasteiger partial charge in [0.1, 0.15) is 16.9 Å². The Morgan fingerprint density at radius 1 is 0.941 bits per heavy atom. The van der Waals surface area contributed by atoms with Crippen LogP contribution in [0.1, 0.15) is 28.8 Å². The smallest absolute Gasteiger partial charge is 0.254 e. The van der Waals surface area contributed by atoms with Crippen LogP contribution in [-0.2, 0) is 6.54 Å². The largest absolute Gasteiger partial charge is 0.333 e. The van der Waals surface area contributed by atoms with E-state index in [9.17, 15) is 9.18 Å². The van der Waals surface area contributed by atoms with Crippen molar-refractivity contribution in [1.82, 2.24) is 25.2 Å². The fourth-order valence-electron chi connectivity index (χ4n) is 4.39. The van der Waals surface area contributed by atoms with Gasteiger partial charge in [-0.1, -0.05) is 24.3 Å². The number of likely N-dealkylation sites (tertiary alicyclic amines) is 1. The van der Waals surface area contributed by atoms with Crippen molar-refractivity contribution in [3.63, 3.8) is 0 Å². The van der Waals surface area contributed by atoms with E-state index in [0.717, 1.165) is 47.4 Å². The first-order chi connectivity index (χ1) is 16.2. The molecule has 1 saturated heterocycles. The lowest BCUT2D eigenvalue weighted by atomic mass is 10.0. The minimum absolute atomic E-state index is 0. The lowest BCUT2D eigenvalue weighted by Crippen LogP contribution is -2.37. The summed E-state index contributed by atoms with van der Waals surface area (Å²) >= 11 is 0. The summed E-state index contributed by atoms with van der Waals surface area (Å²) in [7, 11) is 0. The Bertz CT molecular complexity index is 1250. The summed E-state index contributed by atoms with van der Waals surface area (Å²) in [4.78, 5) is 17.6. The molecule has 0 radical (unpaired) electrons. The van der Waals surface area contributed by atoms with Crippen LogP contribution in [0.4, 0.5) is 4.39 Å². The molecule has 1 aliphatic rings. The first-order valence-corrected chi connectivity index (χ1v) is 11.3. The van der Waals surface area contributed by atoms with Crippen molar-refractivity contribution >= 4 is 29.3 Å². The fourth-order valence-corrected chi connectivity index (χ4v) is 4.39. The van der Waals surface area contributed by atoms with Crippen molar-refractivity contribution in [3.8, 4) is 11.1 Å². The molecule has 34 heavy (non-hydrogen) atoms. The Balaban J connectivity index is 0.00000274. The Hall–Kier alpha value is -3.29. The normalized spacial score (nSPS) is 13.7. The number of nitrogens with zero attached hydrogens (tertiary/aromatic N) is 4. The maximum atomic E-state index is 13.4. The summed E-state index contributed by atoms with van der Waals surface area (Å²) in [5, 5.41) is 10.9. The minimum Gasteiger partial charge on any atom is -0.333 e. The first kappa shape index (κ1) is 23.9. The highest BCUT2D eigenvalue weighted by Gasteiger charge is 2.19. The van der Waals surface area contributed by atoms with E-state index in [1.54, 1.807) is 12.1 Å². The standard InChI is InChI=1S/C26H26FN5O.ClH/c27-23-9-6-20(7-10-23)26(33)32(15-14-31-12-1-2-13-31)18-19-4-3-5-21(16-19)22-8-11-24-25(17-22)29-30-28-24;/h3-11,16-17H,1-2,12-15,18H2,(H,28,29,30);1H. The molecule has 0 aliphatic carbocycles. The number of carbonyl (C=O) groups excluding carboxylic acids is 1. The predicted molar refractivity (Wildman–Crippen MR) is 133 cm³/mol. The maximum absolute atomic E-state index is 13.4. The molecule has 1 fully saturated rings. The Morgan fingerprint density at radius 3 is 2.47 bits per heavy atom. The van der Waals surface area contributed by atoms with Gasteiger partial charge in [-0.15, -0.1) is 12.4 Å². The number of nitrogens with one attached hydrogen (secondary N) is 1. The van der Waals surface area contributed by atoms with Gasteiger partial charge < -0.3 is 9.80 Å². The molecule has 5 rings (SSSR count). The molecule has 0 bridgehead atoms. The van der Waals surface area contributed by atoms with Crippen LogP contribution in [0.15, 0.2) is 66.7 Å². The molecule has 1 aromatic heterocycles. The summed E-state index contributed by atoms with van der Waals surface area (Å²) in [5.41, 5.74) is 5.30. The van der Waals surface area contributed by atoms with Crippen LogP contribution in [0.25, 0.3) is 22.2 Å². The lowest BCUT2D eigenvalue weighted by Gasteiger charge is -2.26. The Morgan fingerprint density at radius 2 is 1.68 bits per heavy atom. The summed E-state index contributed by atoms with van der Waals surface area (Å²) < 4.78 is 13.4. The maximum Gasteiger partial charge on any atom is 0.254 e. The van der Waals surface area contributed by atoms with Gasteiger partial charge in [0.05, 0.1) is 0 Å². The highest BCUT2D eigenvalue weighted by atomic mass is 35.5. The van der Waals surface area contributed by atoms with Gasteiger partial charge in [-0.2, -0.15) is 15.4 Å². The molecule has 0 saturated carbocycles. The molecule has 176 valence electrons. The average Bonchev–Trinajstić information content (AvgIpc) is 3.53. The van der Waals surface area contributed by atoms with E-state index in [1.807, 2.05) is 35.2 Å². The number of H-pyrrole nitrogens is 1. The van der Waals surface area contributed by atoms with Gasteiger partial charge >= 0.3 is 0 Å². The van der Waals surface area contributed by atoms with Gasteiger partial charge in [-0.25, -0.2) is 4.39 Å². The number of aromatic amines is 1. The number of rotatable bonds is 7. The number of carbonyl (C=O) groups is 1. The summed E-state index contributed by atoms with van der Waals surface area (Å²) in [6.45, 7) is 4.13. The van der Waals surface area contributed by atoms with Crippen molar-refractivity contribution < 1.29 is 9.18 Å². The van der Waals surface area contributed by atoms with Crippen LogP contribution in [-0.4, -0.2) is 57.3 Å². The molecule has 0 spiro atoms. The number of halogens is 2. The van der Waals surface area contributed by atoms with E-state index in [1.165, 1.54) is 25.0 Å². The van der Waals surface area contributed by atoms with Gasteiger partial charge in [0.25, 0.3) is 5.91 Å². The third-order valence-electron chi connectivity index (χ3n) is 6.21. The molecule has 0 unspecified atom stereocenters. The number of hydrogen-bond donors (Lipinski definition) is 1. The van der Waals surface area contributed by atoms with Gasteiger partial charge in [-0.05, 0) is 85.1 Å². The molecule has 1 N–H and O–H groups in total. The van der Waals surface area contributed by atoms with Gasteiger partial charge in [-0.3, -0.25) is 4.79 Å². The zero-order valence-corrected chi connectivity index (χ0v) is 19.6. The van der Waals surface area contributed by atoms with Crippen LogP contribution < -0.4 is 0 Å². The van der Waals surface area contributed by atoms with Crippen LogP contribution in [0, 0.1) is 5.82 Å². The first-order valence-electron chi connectivity index (χ1n) is 11.3. The highest BCUT2D eigenvalue weighted by Crippen LogP contribution is 2.24. The number of amides is 1. The molecule has 1 amide bonds. The quantitative estimate of drug-likeness (QED) is 0.408. The predicted octanol–water partition coefficient (Wildman–Crippen LogP) is 4.92. The monoisotopic (exact) mass is 479 g/mol. The number of benzene rings is 3. The van der Waals surface area contributed by atoms with E-state index >= 15 is 0 Å². The van der Waals surface area contributed by atoms with Crippen LogP contribution in [0.2, 0.25) is 0 Å². The van der Waals surface area contributed by atoms with E-state index in [4.69, 9.17) is 0 Å². The molecule has 4 aromatic rings. The second kappa shape index (κ2) is 10.8. The van der Waals surface area contributed by atoms with Gasteiger partial charge in [0.15, 0.2) is 0 Å². The lowest BCUT2D eigenvalue weighted by molar-refractivity contribution is 0.0727. The zero-order chi connectivity index (χ0) is 22.6. The number of aromatic nitrogens is 3. The Labute approximate surface area is 204 Å². The average molecular weight is 480 g/mol. The van der Waals surface area contributed by atoms with Crippen molar-refractivity contribution in [1.29, 1.82) is 0 Å². The van der Waals surface area contributed by atoms with Crippen LogP contribution >= 0.6 is 12.4 Å². The molecular weight excluding hydrogens is 453 g/mol.